The van der Waals surface area contributed by atoms with Gasteiger partial charge < -0.3 is 14.4 Å². The molecule has 4 rings (SSSR count). The second-order valence-corrected chi connectivity index (χ2v) is 8.62. The smallest absolute Gasteiger partial charge is 0.278 e. The van der Waals surface area contributed by atoms with E-state index in [1.54, 1.807) is 26.4 Å². The number of benzene rings is 2. The number of methoxy groups -OCH3 is 2. The summed E-state index contributed by atoms with van der Waals surface area (Å²) in [5, 5.41) is 0. The molecule has 0 aliphatic carbocycles. The van der Waals surface area contributed by atoms with Gasteiger partial charge in [-0.3, -0.25) is 19.4 Å². The molecule has 2 aromatic rings. The quantitative estimate of drug-likeness (QED) is 0.606. The molecule has 0 radical (unpaired) electrons. The summed E-state index contributed by atoms with van der Waals surface area (Å²) in [7, 11) is 3.13. The van der Waals surface area contributed by atoms with E-state index >= 15 is 0 Å². The molecule has 0 atom stereocenters. The highest BCUT2D eigenvalue weighted by Crippen LogP contribution is 2.37. The summed E-state index contributed by atoms with van der Waals surface area (Å²) >= 11 is 0. The molecular weight excluding hydrogens is 418 g/mol. The molecule has 7 heteroatoms. The van der Waals surface area contributed by atoms with E-state index in [9.17, 15) is 9.59 Å². The van der Waals surface area contributed by atoms with Crippen molar-refractivity contribution >= 4 is 17.4 Å². The summed E-state index contributed by atoms with van der Waals surface area (Å²) < 4.78 is 10.8. The Hall–Kier alpha value is -3.32. The van der Waals surface area contributed by atoms with Crippen molar-refractivity contribution < 1.29 is 19.1 Å². The first-order valence-electron chi connectivity index (χ1n) is 11.3. The summed E-state index contributed by atoms with van der Waals surface area (Å²) in [5.41, 5.74) is 2.86. The zero-order valence-corrected chi connectivity index (χ0v) is 19.7. The third-order valence-corrected chi connectivity index (χ3v) is 6.22. The van der Waals surface area contributed by atoms with Crippen LogP contribution in [0.25, 0.3) is 5.57 Å². The first-order valence-corrected chi connectivity index (χ1v) is 11.3. The topological polar surface area (TPSA) is 62.3 Å². The lowest BCUT2D eigenvalue weighted by Gasteiger charge is -2.36. The minimum Gasteiger partial charge on any atom is -0.493 e. The highest BCUT2D eigenvalue weighted by atomic mass is 16.5. The molecule has 0 aromatic heterocycles. The number of piperazine rings is 1. The minimum atomic E-state index is -0.260. The van der Waals surface area contributed by atoms with Crippen molar-refractivity contribution in [3.8, 4) is 11.5 Å². The fourth-order valence-corrected chi connectivity index (χ4v) is 4.52. The number of hydrogen-bond acceptors (Lipinski definition) is 6. The Morgan fingerprint density at radius 1 is 0.848 bits per heavy atom. The fraction of sp³-hybridized carbons (Fsp3) is 0.385. The van der Waals surface area contributed by atoms with Crippen molar-refractivity contribution in [2.75, 3.05) is 40.4 Å². The molecule has 2 aliphatic rings. The standard InChI is InChI=1S/C26H31N3O4/c1-18(2)29-25(30)23(20-10-11-21(32-3)22(16-20)33-4)24(26(29)31)28-14-12-27(13-15-28)17-19-8-6-5-7-9-19/h5-11,16,18H,12-15,17H2,1-4H3. The van der Waals surface area contributed by atoms with Crippen LogP contribution in [-0.2, 0) is 16.1 Å². The van der Waals surface area contributed by atoms with Gasteiger partial charge in [-0.1, -0.05) is 36.4 Å². The molecule has 33 heavy (non-hydrogen) atoms. The summed E-state index contributed by atoms with van der Waals surface area (Å²) in [4.78, 5) is 32.6. The van der Waals surface area contributed by atoms with E-state index in [0.29, 0.717) is 41.4 Å². The molecular formula is C26H31N3O4. The predicted octanol–water partition coefficient (Wildman–Crippen LogP) is 3.01. The number of ether oxygens (including phenoxy) is 2. The van der Waals surface area contributed by atoms with E-state index < -0.39 is 0 Å². The van der Waals surface area contributed by atoms with Crippen molar-refractivity contribution in [3.63, 3.8) is 0 Å². The molecule has 2 aromatic carbocycles. The van der Waals surface area contributed by atoms with Crippen LogP contribution >= 0.6 is 0 Å². The van der Waals surface area contributed by atoms with Crippen LogP contribution in [-0.4, -0.2) is 73.0 Å². The number of carbonyl (C=O) groups excluding carboxylic acids is 2. The number of hydrogen-bond donors (Lipinski definition) is 0. The van der Waals surface area contributed by atoms with Gasteiger partial charge in [-0.05, 0) is 37.1 Å². The van der Waals surface area contributed by atoms with Crippen molar-refractivity contribution in [1.29, 1.82) is 0 Å². The van der Waals surface area contributed by atoms with Crippen LogP contribution in [0.5, 0.6) is 11.5 Å². The summed E-state index contributed by atoms with van der Waals surface area (Å²) in [6.45, 7) is 7.61. The Labute approximate surface area is 195 Å². The third kappa shape index (κ3) is 4.46. The maximum Gasteiger partial charge on any atom is 0.278 e. The Balaban J connectivity index is 1.63. The lowest BCUT2D eigenvalue weighted by Crippen LogP contribution is -2.47. The fourth-order valence-electron chi connectivity index (χ4n) is 4.52. The monoisotopic (exact) mass is 449 g/mol. The predicted molar refractivity (Wildman–Crippen MR) is 127 cm³/mol. The van der Waals surface area contributed by atoms with Gasteiger partial charge in [-0.2, -0.15) is 0 Å². The molecule has 0 saturated carbocycles. The van der Waals surface area contributed by atoms with Gasteiger partial charge in [0.2, 0.25) is 0 Å². The van der Waals surface area contributed by atoms with E-state index in [-0.39, 0.29) is 17.9 Å². The SMILES string of the molecule is COc1ccc(C2=C(N3CCN(Cc4ccccc4)CC3)C(=O)N(C(C)C)C2=O)cc1OC. The van der Waals surface area contributed by atoms with Crippen LogP contribution in [0.1, 0.15) is 25.0 Å². The maximum atomic E-state index is 13.4. The molecule has 174 valence electrons. The van der Waals surface area contributed by atoms with Gasteiger partial charge in [0, 0.05) is 38.8 Å². The van der Waals surface area contributed by atoms with Gasteiger partial charge in [-0.25, -0.2) is 0 Å². The molecule has 0 N–H and O–H groups in total. The lowest BCUT2D eigenvalue weighted by atomic mass is 10.0. The molecule has 0 bridgehead atoms. The van der Waals surface area contributed by atoms with Gasteiger partial charge in [-0.15, -0.1) is 0 Å². The van der Waals surface area contributed by atoms with Crippen LogP contribution in [0.4, 0.5) is 0 Å². The Kier molecular flexibility index (Phi) is 6.70. The Bertz CT molecular complexity index is 1060. The second kappa shape index (κ2) is 9.67. The summed E-state index contributed by atoms with van der Waals surface area (Å²) in [6, 6.07) is 15.5. The van der Waals surface area contributed by atoms with Crippen molar-refractivity contribution in [2.24, 2.45) is 0 Å². The summed E-state index contributed by atoms with van der Waals surface area (Å²) in [5.74, 6) is 0.619. The first kappa shape index (κ1) is 22.9. The maximum absolute atomic E-state index is 13.4. The van der Waals surface area contributed by atoms with Crippen LogP contribution in [0.2, 0.25) is 0 Å². The first-order chi connectivity index (χ1) is 15.9. The molecule has 1 fully saturated rings. The Morgan fingerprint density at radius 2 is 1.52 bits per heavy atom. The molecule has 7 nitrogen and oxygen atoms in total. The highest BCUT2D eigenvalue weighted by Gasteiger charge is 2.43. The van der Waals surface area contributed by atoms with E-state index in [2.05, 4.69) is 34.1 Å². The number of nitrogens with zero attached hydrogens (tertiary/aromatic N) is 3. The average Bonchev–Trinajstić information content (AvgIpc) is 3.09. The summed E-state index contributed by atoms with van der Waals surface area (Å²) in [6.07, 6.45) is 0. The van der Waals surface area contributed by atoms with Gasteiger partial charge in [0.1, 0.15) is 5.70 Å². The zero-order chi connectivity index (χ0) is 23.5. The van der Waals surface area contributed by atoms with E-state index in [4.69, 9.17) is 9.47 Å². The molecule has 1 saturated heterocycles. The van der Waals surface area contributed by atoms with Crippen LogP contribution in [0.15, 0.2) is 54.2 Å². The third-order valence-electron chi connectivity index (χ3n) is 6.22. The number of carbonyl (C=O) groups is 2. The average molecular weight is 450 g/mol. The normalized spacial score (nSPS) is 17.4. The van der Waals surface area contributed by atoms with Gasteiger partial charge >= 0.3 is 0 Å². The van der Waals surface area contributed by atoms with E-state index in [1.807, 2.05) is 26.0 Å². The van der Waals surface area contributed by atoms with Gasteiger partial charge in [0.05, 0.1) is 19.8 Å². The van der Waals surface area contributed by atoms with Crippen LogP contribution in [0, 0.1) is 0 Å². The molecule has 0 spiro atoms. The molecule has 2 aliphatic heterocycles. The molecule has 2 heterocycles. The minimum absolute atomic E-state index is 0.225. The zero-order valence-electron chi connectivity index (χ0n) is 19.7. The number of imide groups is 1. The second-order valence-electron chi connectivity index (χ2n) is 8.62. The Morgan fingerprint density at radius 3 is 2.12 bits per heavy atom. The van der Waals surface area contributed by atoms with Crippen LogP contribution < -0.4 is 9.47 Å². The van der Waals surface area contributed by atoms with Crippen LogP contribution in [0.3, 0.4) is 0 Å². The highest BCUT2D eigenvalue weighted by molar-refractivity contribution is 6.35. The van der Waals surface area contributed by atoms with E-state index in [1.165, 1.54) is 10.5 Å². The lowest BCUT2D eigenvalue weighted by molar-refractivity contribution is -0.139. The largest absolute Gasteiger partial charge is 0.493 e. The van der Waals surface area contributed by atoms with Crippen molar-refractivity contribution in [2.45, 2.75) is 26.4 Å². The van der Waals surface area contributed by atoms with Gasteiger partial charge in [0.25, 0.3) is 11.8 Å². The van der Waals surface area contributed by atoms with Crippen molar-refractivity contribution in [1.82, 2.24) is 14.7 Å². The molecule has 0 unspecified atom stereocenters. The van der Waals surface area contributed by atoms with Crippen molar-refractivity contribution in [3.05, 3.63) is 65.4 Å². The van der Waals surface area contributed by atoms with Gasteiger partial charge in [0.15, 0.2) is 11.5 Å². The van der Waals surface area contributed by atoms with E-state index in [0.717, 1.165) is 19.6 Å². The number of rotatable bonds is 7. The molecule has 2 amide bonds. The number of amides is 2.